The van der Waals surface area contributed by atoms with Crippen LogP contribution in [0.25, 0.3) is 0 Å². The van der Waals surface area contributed by atoms with Crippen LogP contribution in [-0.2, 0) is 0 Å². The number of carboxylic acid groups (broad SMARTS) is 1. The standard InChI is InChI=1S/C11H15NO2/c1-3-12-8(2)9-4-6-10(7-5-9)11(13)14/h4-8,12H,3H2,1-2H3,(H,13,14). The summed E-state index contributed by atoms with van der Waals surface area (Å²) in [4.78, 5) is 10.6. The maximum atomic E-state index is 10.6. The van der Waals surface area contributed by atoms with Crippen molar-refractivity contribution in [3.63, 3.8) is 0 Å². The van der Waals surface area contributed by atoms with E-state index in [0.29, 0.717) is 5.56 Å². The van der Waals surface area contributed by atoms with Crippen molar-refractivity contribution < 1.29 is 9.90 Å². The summed E-state index contributed by atoms with van der Waals surface area (Å²) in [5, 5.41) is 12.0. The number of aromatic carboxylic acids is 1. The molecule has 0 spiro atoms. The van der Waals surface area contributed by atoms with Gasteiger partial charge in [0.1, 0.15) is 0 Å². The van der Waals surface area contributed by atoms with Crippen LogP contribution in [0.3, 0.4) is 0 Å². The first-order valence-corrected chi connectivity index (χ1v) is 4.71. The van der Waals surface area contributed by atoms with E-state index in [1.165, 1.54) is 0 Å². The molecular formula is C11H15NO2. The normalized spacial score (nSPS) is 12.4. The Morgan fingerprint density at radius 3 is 2.43 bits per heavy atom. The predicted molar refractivity (Wildman–Crippen MR) is 55.5 cm³/mol. The van der Waals surface area contributed by atoms with Crippen LogP contribution in [0.2, 0.25) is 0 Å². The molecule has 3 nitrogen and oxygen atoms in total. The number of rotatable bonds is 4. The number of benzene rings is 1. The lowest BCUT2D eigenvalue weighted by Crippen LogP contribution is -2.17. The molecule has 0 aliphatic carbocycles. The van der Waals surface area contributed by atoms with Gasteiger partial charge in [-0.15, -0.1) is 0 Å². The summed E-state index contributed by atoms with van der Waals surface area (Å²) in [5.74, 6) is -0.882. The van der Waals surface area contributed by atoms with E-state index in [1.807, 2.05) is 19.1 Å². The minimum Gasteiger partial charge on any atom is -0.478 e. The fraction of sp³-hybridized carbons (Fsp3) is 0.364. The van der Waals surface area contributed by atoms with E-state index in [9.17, 15) is 4.79 Å². The van der Waals surface area contributed by atoms with Gasteiger partial charge in [0.25, 0.3) is 0 Å². The number of carbonyl (C=O) groups is 1. The molecule has 0 aromatic heterocycles. The highest BCUT2D eigenvalue weighted by Crippen LogP contribution is 2.12. The van der Waals surface area contributed by atoms with Gasteiger partial charge >= 0.3 is 5.97 Å². The Morgan fingerprint density at radius 1 is 1.43 bits per heavy atom. The topological polar surface area (TPSA) is 49.3 Å². The Hall–Kier alpha value is -1.35. The highest BCUT2D eigenvalue weighted by Gasteiger charge is 2.05. The molecule has 0 saturated carbocycles. The monoisotopic (exact) mass is 193 g/mol. The number of nitrogens with one attached hydrogen (secondary N) is 1. The Balaban J connectivity index is 2.77. The van der Waals surface area contributed by atoms with E-state index in [4.69, 9.17) is 5.11 Å². The molecule has 1 rings (SSSR count). The number of carboxylic acids is 1. The Morgan fingerprint density at radius 2 is 2.00 bits per heavy atom. The molecule has 0 bridgehead atoms. The van der Waals surface area contributed by atoms with Gasteiger partial charge in [0.2, 0.25) is 0 Å². The smallest absolute Gasteiger partial charge is 0.335 e. The quantitative estimate of drug-likeness (QED) is 0.769. The molecule has 0 saturated heterocycles. The Labute approximate surface area is 83.8 Å². The molecular weight excluding hydrogens is 178 g/mol. The van der Waals surface area contributed by atoms with E-state index < -0.39 is 5.97 Å². The lowest BCUT2D eigenvalue weighted by atomic mass is 10.1. The van der Waals surface area contributed by atoms with E-state index >= 15 is 0 Å². The third-order valence-corrected chi connectivity index (χ3v) is 2.17. The maximum absolute atomic E-state index is 10.6. The third-order valence-electron chi connectivity index (χ3n) is 2.17. The third kappa shape index (κ3) is 2.57. The lowest BCUT2D eigenvalue weighted by Gasteiger charge is -2.12. The first-order chi connectivity index (χ1) is 6.65. The van der Waals surface area contributed by atoms with Gasteiger partial charge in [-0.05, 0) is 31.2 Å². The molecule has 0 amide bonds. The van der Waals surface area contributed by atoms with Gasteiger partial charge in [0, 0.05) is 6.04 Å². The average Bonchev–Trinajstić information content (AvgIpc) is 2.18. The van der Waals surface area contributed by atoms with Crippen molar-refractivity contribution in [3.05, 3.63) is 35.4 Å². The van der Waals surface area contributed by atoms with Gasteiger partial charge in [-0.2, -0.15) is 0 Å². The van der Waals surface area contributed by atoms with Crippen molar-refractivity contribution in [2.45, 2.75) is 19.9 Å². The molecule has 2 N–H and O–H groups in total. The molecule has 1 unspecified atom stereocenters. The van der Waals surface area contributed by atoms with Gasteiger partial charge in [0.15, 0.2) is 0 Å². The zero-order valence-electron chi connectivity index (χ0n) is 8.45. The molecule has 0 heterocycles. The zero-order valence-corrected chi connectivity index (χ0v) is 8.45. The van der Waals surface area contributed by atoms with Crippen LogP contribution in [-0.4, -0.2) is 17.6 Å². The second-order valence-corrected chi connectivity index (χ2v) is 3.21. The highest BCUT2D eigenvalue weighted by atomic mass is 16.4. The fourth-order valence-electron chi connectivity index (χ4n) is 1.34. The maximum Gasteiger partial charge on any atom is 0.335 e. The minimum atomic E-state index is -0.882. The van der Waals surface area contributed by atoms with Crippen molar-refractivity contribution in [3.8, 4) is 0 Å². The second kappa shape index (κ2) is 4.77. The van der Waals surface area contributed by atoms with Crippen LogP contribution < -0.4 is 5.32 Å². The van der Waals surface area contributed by atoms with Crippen LogP contribution >= 0.6 is 0 Å². The summed E-state index contributed by atoms with van der Waals surface area (Å²) in [6.45, 7) is 5.00. The van der Waals surface area contributed by atoms with Crippen molar-refractivity contribution in [1.29, 1.82) is 0 Å². The number of hydrogen-bond acceptors (Lipinski definition) is 2. The highest BCUT2D eigenvalue weighted by molar-refractivity contribution is 5.87. The van der Waals surface area contributed by atoms with E-state index in [0.717, 1.165) is 12.1 Å². The van der Waals surface area contributed by atoms with Crippen LogP contribution in [0, 0.1) is 0 Å². The predicted octanol–water partition coefficient (Wildman–Crippen LogP) is 2.06. The van der Waals surface area contributed by atoms with E-state index in [2.05, 4.69) is 12.2 Å². The first-order valence-electron chi connectivity index (χ1n) is 4.71. The number of hydrogen-bond donors (Lipinski definition) is 2. The van der Waals surface area contributed by atoms with Crippen LogP contribution in [0.4, 0.5) is 0 Å². The van der Waals surface area contributed by atoms with E-state index in [-0.39, 0.29) is 6.04 Å². The summed E-state index contributed by atoms with van der Waals surface area (Å²) in [7, 11) is 0. The van der Waals surface area contributed by atoms with Crippen molar-refractivity contribution in [2.24, 2.45) is 0 Å². The zero-order chi connectivity index (χ0) is 10.6. The summed E-state index contributed by atoms with van der Waals surface area (Å²) >= 11 is 0. The molecule has 1 aromatic rings. The fourth-order valence-corrected chi connectivity index (χ4v) is 1.34. The molecule has 1 atom stereocenters. The van der Waals surface area contributed by atoms with Gasteiger partial charge in [-0.1, -0.05) is 19.1 Å². The summed E-state index contributed by atoms with van der Waals surface area (Å²) in [5.41, 5.74) is 1.44. The molecule has 14 heavy (non-hydrogen) atoms. The molecule has 3 heteroatoms. The Bertz CT molecular complexity index is 306. The molecule has 76 valence electrons. The van der Waals surface area contributed by atoms with E-state index in [1.54, 1.807) is 12.1 Å². The minimum absolute atomic E-state index is 0.267. The molecule has 1 aromatic carbocycles. The molecule has 0 aliphatic heterocycles. The largest absolute Gasteiger partial charge is 0.478 e. The SMILES string of the molecule is CCNC(C)c1ccc(C(=O)O)cc1. The first kappa shape index (κ1) is 10.7. The van der Waals surface area contributed by atoms with Crippen LogP contribution in [0.1, 0.15) is 35.8 Å². The summed E-state index contributed by atoms with van der Waals surface area (Å²) in [6.07, 6.45) is 0. The second-order valence-electron chi connectivity index (χ2n) is 3.21. The van der Waals surface area contributed by atoms with Gasteiger partial charge in [0.05, 0.1) is 5.56 Å². The Kier molecular flexibility index (Phi) is 3.65. The molecule has 0 aliphatic rings. The van der Waals surface area contributed by atoms with Crippen LogP contribution in [0.5, 0.6) is 0 Å². The summed E-state index contributed by atoms with van der Waals surface area (Å²) < 4.78 is 0. The van der Waals surface area contributed by atoms with Gasteiger partial charge in [-0.25, -0.2) is 4.79 Å². The summed E-state index contributed by atoms with van der Waals surface area (Å²) in [6, 6.07) is 7.22. The van der Waals surface area contributed by atoms with Gasteiger partial charge in [-0.3, -0.25) is 0 Å². The molecule has 0 radical (unpaired) electrons. The lowest BCUT2D eigenvalue weighted by molar-refractivity contribution is 0.0697. The van der Waals surface area contributed by atoms with Crippen molar-refractivity contribution >= 4 is 5.97 Å². The molecule has 0 fully saturated rings. The van der Waals surface area contributed by atoms with Crippen molar-refractivity contribution in [1.82, 2.24) is 5.32 Å². The average molecular weight is 193 g/mol. The van der Waals surface area contributed by atoms with Crippen LogP contribution in [0.15, 0.2) is 24.3 Å². The van der Waals surface area contributed by atoms with Crippen molar-refractivity contribution in [2.75, 3.05) is 6.54 Å². The van der Waals surface area contributed by atoms with Gasteiger partial charge < -0.3 is 10.4 Å².